The molecule has 1 aromatic rings. The Morgan fingerprint density at radius 1 is 1.06 bits per heavy atom. The molecule has 3 aliphatic rings. The van der Waals surface area contributed by atoms with Gasteiger partial charge >= 0.3 is 0 Å². The number of fused-ring (bicyclic) bond motifs is 1. The zero-order chi connectivity index (χ0) is 20.8. The van der Waals surface area contributed by atoms with Crippen LogP contribution in [-0.2, 0) is 10.2 Å². The number of likely N-dealkylation sites (tertiary alicyclic amines) is 1. The van der Waals surface area contributed by atoms with Crippen molar-refractivity contribution in [2.75, 3.05) is 45.9 Å². The molecule has 2 aliphatic heterocycles. The Morgan fingerprint density at radius 2 is 1.77 bits per heavy atom. The van der Waals surface area contributed by atoms with Crippen LogP contribution in [0.3, 0.4) is 0 Å². The molecule has 1 amide bonds. The third-order valence-corrected chi connectivity index (χ3v) is 6.48. The molecule has 7 nitrogen and oxygen atoms in total. The molecule has 1 aliphatic carbocycles. The number of aliphatic imine (C=N–C) groups is 1. The van der Waals surface area contributed by atoms with Crippen molar-refractivity contribution in [1.29, 1.82) is 0 Å². The molecule has 1 aromatic carbocycles. The lowest BCUT2D eigenvalue weighted by atomic mass is 9.78. The Balaban J connectivity index is 0.00000272. The minimum atomic E-state index is 0. The fourth-order valence-electron chi connectivity index (χ4n) is 4.80. The minimum absolute atomic E-state index is 0. The van der Waals surface area contributed by atoms with Gasteiger partial charge in [0.25, 0.3) is 0 Å². The molecule has 0 aromatic heterocycles. The molecule has 0 radical (unpaired) electrons. The predicted octanol–water partition coefficient (Wildman–Crippen LogP) is 3.07. The average molecular weight is 542 g/mol. The second-order valence-corrected chi connectivity index (χ2v) is 8.48. The predicted molar refractivity (Wildman–Crippen MR) is 133 cm³/mol. The van der Waals surface area contributed by atoms with Gasteiger partial charge in [-0.3, -0.25) is 4.79 Å². The molecule has 172 valence electrons. The third-order valence-electron chi connectivity index (χ3n) is 6.48. The highest BCUT2D eigenvalue weighted by molar-refractivity contribution is 14.0. The van der Waals surface area contributed by atoms with Gasteiger partial charge in [-0.25, -0.2) is 4.99 Å². The Bertz CT molecular complexity index is 774. The van der Waals surface area contributed by atoms with Crippen LogP contribution in [0.4, 0.5) is 0 Å². The summed E-state index contributed by atoms with van der Waals surface area (Å²) in [4.78, 5) is 18.9. The van der Waals surface area contributed by atoms with Gasteiger partial charge in [-0.1, -0.05) is 18.9 Å². The van der Waals surface area contributed by atoms with Crippen LogP contribution >= 0.6 is 24.0 Å². The lowest BCUT2D eigenvalue weighted by molar-refractivity contribution is -0.128. The first-order valence-electron chi connectivity index (χ1n) is 11.4. The number of carbonyl (C=O) groups excluding carboxylic acids is 1. The largest absolute Gasteiger partial charge is 0.486 e. The number of nitrogens with one attached hydrogen (secondary N) is 2. The minimum Gasteiger partial charge on any atom is -0.486 e. The van der Waals surface area contributed by atoms with E-state index in [4.69, 9.17) is 9.47 Å². The first-order valence-corrected chi connectivity index (χ1v) is 11.4. The summed E-state index contributed by atoms with van der Waals surface area (Å²) in [5, 5.41) is 6.82. The van der Waals surface area contributed by atoms with Crippen LogP contribution < -0.4 is 20.1 Å². The number of hydrogen-bond donors (Lipinski definition) is 2. The van der Waals surface area contributed by atoms with Gasteiger partial charge in [-0.15, -0.1) is 24.0 Å². The van der Waals surface area contributed by atoms with Crippen LogP contribution in [0, 0.1) is 0 Å². The van der Waals surface area contributed by atoms with Gasteiger partial charge < -0.3 is 25.0 Å². The van der Waals surface area contributed by atoms with Crippen molar-refractivity contribution in [3.8, 4) is 11.5 Å². The second kappa shape index (κ2) is 11.2. The molecule has 1 saturated heterocycles. The zero-order valence-electron chi connectivity index (χ0n) is 18.5. The van der Waals surface area contributed by atoms with Crippen LogP contribution in [0.25, 0.3) is 0 Å². The van der Waals surface area contributed by atoms with E-state index in [2.05, 4.69) is 27.8 Å². The number of guanidine groups is 1. The fraction of sp³-hybridized carbons (Fsp3) is 0.652. The van der Waals surface area contributed by atoms with Crippen LogP contribution in [0.2, 0.25) is 0 Å². The molecule has 0 bridgehead atoms. The zero-order valence-corrected chi connectivity index (χ0v) is 20.8. The molecular weight excluding hydrogens is 507 g/mol. The Kier molecular flexibility index (Phi) is 8.68. The first-order chi connectivity index (χ1) is 14.7. The summed E-state index contributed by atoms with van der Waals surface area (Å²) in [5.41, 5.74) is 1.34. The molecule has 2 heterocycles. The number of carbonyl (C=O) groups is 1. The summed E-state index contributed by atoms with van der Waals surface area (Å²) in [6, 6.07) is 6.38. The van der Waals surface area contributed by atoms with E-state index in [0.717, 1.165) is 63.4 Å². The molecular formula is C23H35IN4O3. The van der Waals surface area contributed by atoms with Crippen molar-refractivity contribution in [1.82, 2.24) is 15.5 Å². The van der Waals surface area contributed by atoms with Crippen molar-refractivity contribution < 1.29 is 14.3 Å². The molecule has 0 spiro atoms. The summed E-state index contributed by atoms with van der Waals surface area (Å²) in [7, 11) is 0. The van der Waals surface area contributed by atoms with E-state index in [1.54, 1.807) is 0 Å². The van der Waals surface area contributed by atoms with E-state index in [0.29, 0.717) is 19.2 Å². The van der Waals surface area contributed by atoms with Crippen molar-refractivity contribution in [3.63, 3.8) is 0 Å². The second-order valence-electron chi connectivity index (χ2n) is 8.48. The van der Waals surface area contributed by atoms with E-state index < -0.39 is 0 Å². The van der Waals surface area contributed by atoms with Gasteiger partial charge in [-0.05, 0) is 50.3 Å². The quantitative estimate of drug-likeness (QED) is 0.329. The Morgan fingerprint density at radius 3 is 2.48 bits per heavy atom. The molecule has 4 rings (SSSR count). The van der Waals surface area contributed by atoms with Gasteiger partial charge in [0.15, 0.2) is 17.5 Å². The van der Waals surface area contributed by atoms with E-state index in [1.807, 2.05) is 17.9 Å². The lowest BCUT2D eigenvalue weighted by Gasteiger charge is -2.32. The summed E-state index contributed by atoms with van der Waals surface area (Å²) in [6.07, 6.45) is 6.91. The van der Waals surface area contributed by atoms with Gasteiger partial charge in [0.1, 0.15) is 19.8 Å². The summed E-state index contributed by atoms with van der Waals surface area (Å²) >= 11 is 0. The average Bonchev–Trinajstić information content (AvgIpc) is 3.48. The number of amides is 1. The molecule has 0 atom stereocenters. The van der Waals surface area contributed by atoms with Crippen LogP contribution in [0.1, 0.15) is 51.0 Å². The van der Waals surface area contributed by atoms with Crippen molar-refractivity contribution >= 4 is 35.8 Å². The van der Waals surface area contributed by atoms with Crippen LogP contribution in [0.15, 0.2) is 23.2 Å². The number of benzene rings is 1. The molecule has 31 heavy (non-hydrogen) atoms. The van der Waals surface area contributed by atoms with Gasteiger partial charge in [0.2, 0.25) is 5.91 Å². The maximum atomic E-state index is 12.4. The molecule has 8 heteroatoms. The van der Waals surface area contributed by atoms with Gasteiger partial charge in [0, 0.05) is 31.6 Å². The van der Waals surface area contributed by atoms with Crippen LogP contribution in [-0.4, -0.2) is 62.7 Å². The molecule has 1 saturated carbocycles. The number of halogens is 1. The number of hydrogen-bond acceptors (Lipinski definition) is 4. The smallest absolute Gasteiger partial charge is 0.244 e. The molecule has 0 unspecified atom stereocenters. The van der Waals surface area contributed by atoms with E-state index >= 15 is 0 Å². The van der Waals surface area contributed by atoms with Crippen LogP contribution in [0.5, 0.6) is 11.5 Å². The van der Waals surface area contributed by atoms with Crippen molar-refractivity contribution in [2.24, 2.45) is 4.99 Å². The maximum Gasteiger partial charge on any atom is 0.244 e. The van der Waals surface area contributed by atoms with Gasteiger partial charge in [0.05, 0.1) is 0 Å². The number of nitrogens with zero attached hydrogens (tertiary/aromatic N) is 2. The monoisotopic (exact) mass is 542 g/mol. The molecule has 2 fully saturated rings. The first kappa shape index (κ1) is 23.9. The van der Waals surface area contributed by atoms with E-state index in [1.165, 1.54) is 18.4 Å². The normalized spacial score (nSPS) is 19.6. The fourth-order valence-corrected chi connectivity index (χ4v) is 4.80. The Labute approximate surface area is 202 Å². The standard InChI is InChI=1S/C23H34N4O3.HI/c1-2-24-22(25-16-21(28)27-11-5-6-12-27)26-17-23(9-3-4-10-23)18-7-8-19-20(15-18)30-14-13-29-19;/h7-8,15H,2-6,9-14,16-17H2,1H3,(H2,24,25,26);1H. The van der Waals surface area contributed by atoms with Crippen molar-refractivity contribution in [3.05, 3.63) is 23.8 Å². The summed E-state index contributed by atoms with van der Waals surface area (Å²) in [6.45, 7) is 6.74. The number of rotatable bonds is 6. The van der Waals surface area contributed by atoms with Crippen molar-refractivity contribution in [2.45, 2.75) is 50.9 Å². The van der Waals surface area contributed by atoms with E-state index in [9.17, 15) is 4.79 Å². The highest BCUT2D eigenvalue weighted by atomic mass is 127. The highest BCUT2D eigenvalue weighted by Gasteiger charge is 2.36. The molecule has 2 N–H and O–H groups in total. The van der Waals surface area contributed by atoms with E-state index in [-0.39, 0.29) is 41.8 Å². The summed E-state index contributed by atoms with van der Waals surface area (Å²) < 4.78 is 11.5. The lowest BCUT2D eigenvalue weighted by Crippen LogP contribution is -2.45. The number of ether oxygens (including phenoxy) is 2. The van der Waals surface area contributed by atoms with Gasteiger partial charge in [-0.2, -0.15) is 0 Å². The topological polar surface area (TPSA) is 75.2 Å². The SMILES string of the molecule is CCNC(=NCC(=O)N1CCCC1)NCC1(c2ccc3c(c2)OCCO3)CCCC1.I. The highest BCUT2D eigenvalue weighted by Crippen LogP contribution is 2.43. The third kappa shape index (κ3) is 5.75. The summed E-state index contributed by atoms with van der Waals surface area (Å²) in [5.74, 6) is 2.52. The Hall–Kier alpha value is -1.71. The maximum absolute atomic E-state index is 12.4.